The maximum Gasteiger partial charge on any atom is 0.303 e. The van der Waals surface area contributed by atoms with E-state index in [1.54, 1.807) is 36.1 Å². The number of halogens is 2. The van der Waals surface area contributed by atoms with Crippen molar-refractivity contribution in [3.63, 3.8) is 0 Å². The molecule has 2 N–H and O–H groups in total. The normalized spacial score (nSPS) is 13.6. The number of rotatable bonds is 7. The third-order valence-corrected chi connectivity index (χ3v) is 5.21. The molecule has 1 aliphatic heterocycles. The zero-order chi connectivity index (χ0) is 23.0. The fourth-order valence-corrected chi connectivity index (χ4v) is 3.80. The van der Waals surface area contributed by atoms with Crippen molar-refractivity contribution in [2.45, 2.75) is 32.8 Å². The van der Waals surface area contributed by atoms with E-state index in [-0.39, 0.29) is 18.2 Å². The molecule has 0 unspecified atom stereocenters. The van der Waals surface area contributed by atoms with Gasteiger partial charge in [-0.1, -0.05) is 17.2 Å². The van der Waals surface area contributed by atoms with Crippen LogP contribution in [0, 0.1) is 5.82 Å². The lowest BCUT2D eigenvalue weighted by Crippen LogP contribution is -2.28. The summed E-state index contributed by atoms with van der Waals surface area (Å²) in [6.45, 7) is 3.75. The van der Waals surface area contributed by atoms with Crippen LogP contribution in [0.25, 0.3) is 16.7 Å². The highest BCUT2D eigenvalue weighted by atomic mass is 35.5. The number of carboxylic acid groups (broad SMARTS) is 1. The fraction of sp³-hybridized carbons (Fsp3) is 0.273. The predicted molar refractivity (Wildman–Crippen MR) is 119 cm³/mol. The summed E-state index contributed by atoms with van der Waals surface area (Å²) < 4.78 is 22.2. The van der Waals surface area contributed by atoms with E-state index in [9.17, 15) is 9.18 Å². The number of carboxylic acids is 1. The molecule has 0 fully saturated rings. The van der Waals surface area contributed by atoms with Gasteiger partial charge in [0, 0.05) is 36.8 Å². The van der Waals surface area contributed by atoms with Crippen molar-refractivity contribution in [1.29, 1.82) is 0 Å². The number of benzene rings is 1. The first-order valence-corrected chi connectivity index (χ1v) is 10.4. The van der Waals surface area contributed by atoms with Crippen molar-refractivity contribution in [1.82, 2.24) is 15.1 Å². The highest BCUT2D eigenvalue weighted by molar-refractivity contribution is 6.32. The van der Waals surface area contributed by atoms with Gasteiger partial charge in [-0.05, 0) is 44.0 Å². The summed E-state index contributed by atoms with van der Waals surface area (Å²) in [5, 5.41) is 11.5. The molecule has 3 heterocycles. The van der Waals surface area contributed by atoms with Crippen molar-refractivity contribution >= 4 is 39.9 Å². The van der Waals surface area contributed by atoms with Gasteiger partial charge < -0.3 is 19.2 Å². The van der Waals surface area contributed by atoms with E-state index in [1.165, 1.54) is 11.1 Å². The molecule has 32 heavy (non-hydrogen) atoms. The van der Waals surface area contributed by atoms with Crippen LogP contribution in [-0.2, 0) is 23.1 Å². The number of hydrogen-bond donors (Lipinski definition) is 2. The van der Waals surface area contributed by atoms with E-state index >= 15 is 0 Å². The summed E-state index contributed by atoms with van der Waals surface area (Å²) >= 11 is 6.27. The maximum atomic E-state index is 14.9. The molecule has 168 valence electrons. The van der Waals surface area contributed by atoms with Gasteiger partial charge in [0.2, 0.25) is 5.88 Å². The van der Waals surface area contributed by atoms with Gasteiger partial charge in [0.15, 0.2) is 11.6 Å². The molecule has 0 amide bonds. The first-order chi connectivity index (χ1) is 15.2. The van der Waals surface area contributed by atoms with Gasteiger partial charge in [-0.2, -0.15) is 0 Å². The van der Waals surface area contributed by atoms with Gasteiger partial charge in [0.05, 0.1) is 17.8 Å². The minimum atomic E-state index is -0.886. The van der Waals surface area contributed by atoms with Crippen molar-refractivity contribution in [3.05, 3.63) is 58.8 Å². The number of aliphatic carboxylic acids is 1. The highest BCUT2D eigenvalue weighted by Crippen LogP contribution is 2.36. The van der Waals surface area contributed by atoms with E-state index in [1.807, 2.05) is 20.0 Å². The maximum absolute atomic E-state index is 14.9. The number of pyridine rings is 1. The number of nitrogens with zero attached hydrogens (tertiary/aromatic N) is 3. The summed E-state index contributed by atoms with van der Waals surface area (Å²) in [4.78, 5) is 20.8. The Morgan fingerprint density at radius 2 is 2.19 bits per heavy atom. The molecule has 0 aliphatic carbocycles. The lowest BCUT2D eigenvalue weighted by Gasteiger charge is -2.17. The summed E-state index contributed by atoms with van der Waals surface area (Å²) in [6, 6.07) is 4.67. The Hall–Kier alpha value is -3.30. The smallest absolute Gasteiger partial charge is 0.303 e. The standard InChI is InChI=1S/C22H22ClFN4O4/c1-12(2)31-22-16(23)8-14(9-25-22)18-11-28(26-32-18)21-17(24)6-5-15-13(4-7-19(29)30)10-27(3)20(15)21/h5-6,8-12,26H,4,7H2,1-3H3,(H,29,30). The molecule has 0 radical (unpaired) electrons. The van der Waals surface area contributed by atoms with E-state index in [2.05, 4.69) is 10.6 Å². The van der Waals surface area contributed by atoms with Crippen LogP contribution in [0.15, 0.2) is 36.8 Å². The third-order valence-electron chi connectivity index (χ3n) is 4.94. The molecule has 0 atom stereocenters. The summed E-state index contributed by atoms with van der Waals surface area (Å²) in [5.74, 6) is -0.632. The number of fused-ring (bicyclic) bond motifs is 1. The number of aromatic nitrogens is 2. The van der Waals surface area contributed by atoms with E-state index in [4.69, 9.17) is 26.3 Å². The minimum absolute atomic E-state index is 0.00870. The van der Waals surface area contributed by atoms with Gasteiger partial charge in [0.25, 0.3) is 0 Å². The predicted octanol–water partition coefficient (Wildman–Crippen LogP) is 4.43. The number of aryl methyl sites for hydroxylation is 2. The Bertz CT molecular complexity index is 1220. The minimum Gasteiger partial charge on any atom is -0.481 e. The fourth-order valence-electron chi connectivity index (χ4n) is 3.59. The quantitative estimate of drug-likeness (QED) is 0.539. The molecule has 0 saturated carbocycles. The van der Waals surface area contributed by atoms with Crippen LogP contribution in [0.4, 0.5) is 10.1 Å². The summed E-state index contributed by atoms with van der Waals surface area (Å²) in [5.41, 5.74) is 4.97. The second kappa shape index (κ2) is 8.68. The van der Waals surface area contributed by atoms with Crippen molar-refractivity contribution in [2.24, 2.45) is 7.05 Å². The van der Waals surface area contributed by atoms with Crippen LogP contribution < -0.4 is 15.3 Å². The first kappa shape index (κ1) is 21.9. The van der Waals surface area contributed by atoms with Gasteiger partial charge in [0.1, 0.15) is 10.7 Å². The molecule has 8 nitrogen and oxygen atoms in total. The molecular weight excluding hydrogens is 439 g/mol. The van der Waals surface area contributed by atoms with Gasteiger partial charge in [-0.25, -0.2) is 14.4 Å². The van der Waals surface area contributed by atoms with Gasteiger partial charge >= 0.3 is 5.97 Å². The SMILES string of the molecule is CC(C)Oc1ncc(C2=CN(c3c(F)ccc4c(CCC(=O)O)cn(C)c34)NO2)cc1Cl. The molecule has 10 heteroatoms. The second-order valence-electron chi connectivity index (χ2n) is 7.69. The molecule has 2 aromatic heterocycles. The van der Waals surface area contributed by atoms with Gasteiger partial charge in [-0.15, -0.1) is 0 Å². The number of anilines is 1. The largest absolute Gasteiger partial charge is 0.481 e. The molecular formula is C22H22ClFN4O4. The Morgan fingerprint density at radius 1 is 1.41 bits per heavy atom. The average Bonchev–Trinajstić information content (AvgIpc) is 3.33. The summed E-state index contributed by atoms with van der Waals surface area (Å²) in [6.07, 6.45) is 5.24. The lowest BCUT2D eigenvalue weighted by molar-refractivity contribution is -0.136. The average molecular weight is 461 g/mol. The van der Waals surface area contributed by atoms with Crippen molar-refractivity contribution in [3.8, 4) is 5.88 Å². The molecule has 0 saturated heterocycles. The Labute approximate surface area is 188 Å². The zero-order valence-electron chi connectivity index (χ0n) is 17.7. The van der Waals surface area contributed by atoms with Crippen LogP contribution in [0.5, 0.6) is 5.88 Å². The topological polar surface area (TPSA) is 88.9 Å². The van der Waals surface area contributed by atoms with Crippen LogP contribution in [0.3, 0.4) is 0 Å². The van der Waals surface area contributed by atoms with E-state index in [0.717, 1.165) is 10.9 Å². The molecule has 0 bridgehead atoms. The van der Waals surface area contributed by atoms with E-state index < -0.39 is 11.8 Å². The highest BCUT2D eigenvalue weighted by Gasteiger charge is 2.25. The first-order valence-electron chi connectivity index (χ1n) is 9.99. The third kappa shape index (κ3) is 4.21. The van der Waals surface area contributed by atoms with Crippen LogP contribution >= 0.6 is 11.6 Å². The number of hydrazine groups is 1. The van der Waals surface area contributed by atoms with Gasteiger partial charge in [-0.3, -0.25) is 4.79 Å². The van der Waals surface area contributed by atoms with E-state index in [0.29, 0.717) is 34.2 Å². The molecule has 0 spiro atoms. The van der Waals surface area contributed by atoms with Crippen LogP contribution in [-0.4, -0.2) is 26.7 Å². The van der Waals surface area contributed by atoms with Crippen LogP contribution in [0.2, 0.25) is 5.02 Å². The Morgan fingerprint density at radius 3 is 2.88 bits per heavy atom. The second-order valence-corrected chi connectivity index (χ2v) is 8.09. The molecule has 1 aromatic carbocycles. The Balaban J connectivity index is 1.69. The van der Waals surface area contributed by atoms with Crippen LogP contribution in [0.1, 0.15) is 31.4 Å². The number of hydrogen-bond acceptors (Lipinski definition) is 6. The number of ether oxygens (including phenoxy) is 1. The monoisotopic (exact) mass is 460 g/mol. The summed E-state index contributed by atoms with van der Waals surface area (Å²) in [7, 11) is 1.79. The van der Waals surface area contributed by atoms with Crippen molar-refractivity contribution < 1.29 is 23.9 Å². The zero-order valence-corrected chi connectivity index (χ0v) is 18.5. The molecule has 4 rings (SSSR count). The molecule has 1 aliphatic rings. The molecule has 3 aromatic rings. The Kier molecular flexibility index (Phi) is 5.94. The lowest BCUT2D eigenvalue weighted by atomic mass is 10.1. The number of nitrogens with one attached hydrogen (secondary N) is 1. The number of carbonyl (C=O) groups is 1. The van der Waals surface area contributed by atoms with Crippen molar-refractivity contribution in [2.75, 3.05) is 5.01 Å².